The van der Waals surface area contributed by atoms with Gasteiger partial charge in [-0.1, -0.05) is 6.07 Å². The van der Waals surface area contributed by atoms with Gasteiger partial charge in [0.05, 0.1) is 34.8 Å². The average Bonchev–Trinajstić information content (AvgIpc) is 3.23. The fraction of sp³-hybridized carbons (Fsp3) is 0.100. The van der Waals surface area contributed by atoms with Gasteiger partial charge >= 0.3 is 0 Å². The first-order valence-corrected chi connectivity index (χ1v) is 8.98. The molecule has 1 atom stereocenters. The maximum atomic E-state index is 13.7. The second-order valence-corrected chi connectivity index (χ2v) is 6.49. The largest absolute Gasteiger partial charge is 0.360 e. The van der Waals surface area contributed by atoms with Crippen LogP contribution in [0.4, 0.5) is 10.2 Å². The Morgan fingerprint density at radius 3 is 2.79 bits per heavy atom. The molecular formula is C20H15FN8. The summed E-state index contributed by atoms with van der Waals surface area (Å²) in [4.78, 5) is 29.5. The van der Waals surface area contributed by atoms with Crippen LogP contribution < -0.4 is 5.32 Å². The van der Waals surface area contributed by atoms with E-state index in [0.29, 0.717) is 45.1 Å². The number of imidazole rings is 1. The van der Waals surface area contributed by atoms with Gasteiger partial charge in [-0.3, -0.25) is 4.98 Å². The first kappa shape index (κ1) is 17.1. The Bertz CT molecular complexity index is 1320. The summed E-state index contributed by atoms with van der Waals surface area (Å²) in [6.07, 6.45) is 4.72. The first-order chi connectivity index (χ1) is 14.2. The molecule has 0 aliphatic heterocycles. The van der Waals surface area contributed by atoms with Crippen molar-refractivity contribution in [2.45, 2.75) is 13.0 Å². The van der Waals surface area contributed by atoms with Crippen LogP contribution in [0, 0.1) is 5.82 Å². The second kappa shape index (κ2) is 6.86. The van der Waals surface area contributed by atoms with Crippen molar-refractivity contribution in [1.82, 2.24) is 34.9 Å². The third-order valence-electron chi connectivity index (χ3n) is 4.54. The summed E-state index contributed by atoms with van der Waals surface area (Å²) >= 11 is 0. The van der Waals surface area contributed by atoms with E-state index in [2.05, 4.69) is 35.2 Å². The highest BCUT2D eigenvalue weighted by atomic mass is 19.1. The van der Waals surface area contributed by atoms with Gasteiger partial charge in [-0.2, -0.15) is 0 Å². The molecule has 5 rings (SSSR count). The molecule has 9 heteroatoms. The van der Waals surface area contributed by atoms with Crippen LogP contribution in [0.15, 0.2) is 55.2 Å². The van der Waals surface area contributed by atoms with Gasteiger partial charge in [0, 0.05) is 12.3 Å². The van der Waals surface area contributed by atoms with Gasteiger partial charge in [-0.05, 0) is 31.2 Å². The minimum absolute atomic E-state index is 0.274. The van der Waals surface area contributed by atoms with Gasteiger partial charge in [-0.15, -0.1) is 0 Å². The summed E-state index contributed by atoms with van der Waals surface area (Å²) in [5.41, 5.74) is 4.25. The lowest BCUT2D eigenvalue weighted by Gasteiger charge is -2.17. The van der Waals surface area contributed by atoms with E-state index < -0.39 is 0 Å². The number of rotatable bonds is 4. The Morgan fingerprint density at radius 2 is 1.93 bits per heavy atom. The van der Waals surface area contributed by atoms with E-state index in [1.807, 2.05) is 25.1 Å². The average molecular weight is 386 g/mol. The van der Waals surface area contributed by atoms with Crippen LogP contribution in [0.5, 0.6) is 0 Å². The smallest absolute Gasteiger partial charge is 0.162 e. The Labute approximate surface area is 164 Å². The molecule has 4 aromatic heterocycles. The van der Waals surface area contributed by atoms with Crippen molar-refractivity contribution in [3.8, 4) is 11.4 Å². The van der Waals surface area contributed by atoms with Crippen molar-refractivity contribution in [3.63, 3.8) is 0 Å². The van der Waals surface area contributed by atoms with Gasteiger partial charge in [0.15, 0.2) is 11.5 Å². The Balaban J connectivity index is 1.64. The van der Waals surface area contributed by atoms with E-state index in [0.717, 1.165) is 0 Å². The lowest BCUT2D eigenvalue weighted by Crippen LogP contribution is -2.13. The maximum absolute atomic E-state index is 13.7. The summed E-state index contributed by atoms with van der Waals surface area (Å²) in [6, 6.07) is 9.64. The fourth-order valence-electron chi connectivity index (χ4n) is 3.18. The predicted molar refractivity (Wildman–Crippen MR) is 106 cm³/mol. The number of benzene rings is 1. The summed E-state index contributed by atoms with van der Waals surface area (Å²) in [7, 11) is 0. The van der Waals surface area contributed by atoms with Crippen molar-refractivity contribution in [1.29, 1.82) is 0 Å². The van der Waals surface area contributed by atoms with E-state index >= 15 is 0 Å². The Morgan fingerprint density at radius 1 is 1.00 bits per heavy atom. The van der Waals surface area contributed by atoms with E-state index in [4.69, 9.17) is 4.98 Å². The molecule has 29 heavy (non-hydrogen) atoms. The molecule has 8 nitrogen and oxygen atoms in total. The molecule has 5 aromatic rings. The number of anilines is 1. The normalized spacial score (nSPS) is 12.3. The number of aromatic amines is 1. The Kier molecular flexibility index (Phi) is 4.05. The second-order valence-electron chi connectivity index (χ2n) is 6.49. The quantitative estimate of drug-likeness (QED) is 0.485. The van der Waals surface area contributed by atoms with Crippen molar-refractivity contribution >= 4 is 28.0 Å². The molecule has 0 radical (unpaired) electrons. The minimum atomic E-state index is -0.361. The minimum Gasteiger partial charge on any atom is -0.360 e. The van der Waals surface area contributed by atoms with Gasteiger partial charge < -0.3 is 10.3 Å². The third-order valence-corrected chi connectivity index (χ3v) is 4.54. The fourth-order valence-corrected chi connectivity index (χ4v) is 3.18. The zero-order valence-corrected chi connectivity index (χ0v) is 15.3. The van der Waals surface area contributed by atoms with Crippen LogP contribution in [-0.4, -0.2) is 34.9 Å². The van der Waals surface area contributed by atoms with Gasteiger partial charge in [0.1, 0.15) is 23.4 Å². The highest BCUT2D eigenvalue weighted by Gasteiger charge is 2.19. The van der Waals surface area contributed by atoms with Gasteiger partial charge in [0.2, 0.25) is 0 Å². The van der Waals surface area contributed by atoms with Gasteiger partial charge in [-0.25, -0.2) is 29.3 Å². The SMILES string of the molecule is C[C@H](Nc1ncnc2[nH]cnc12)c1nc2ccc(F)cc2nc1-c1ccccn1. The molecule has 2 N–H and O–H groups in total. The molecule has 0 saturated heterocycles. The molecule has 1 aromatic carbocycles. The van der Waals surface area contributed by atoms with Crippen LogP contribution >= 0.6 is 0 Å². The van der Waals surface area contributed by atoms with E-state index in [1.54, 1.807) is 18.6 Å². The van der Waals surface area contributed by atoms with E-state index in [9.17, 15) is 4.39 Å². The third kappa shape index (κ3) is 3.12. The van der Waals surface area contributed by atoms with Crippen LogP contribution in [0.1, 0.15) is 18.7 Å². The monoisotopic (exact) mass is 386 g/mol. The van der Waals surface area contributed by atoms with Crippen molar-refractivity contribution in [2.75, 3.05) is 5.32 Å². The Hall–Kier alpha value is -4.01. The molecule has 0 bridgehead atoms. The van der Waals surface area contributed by atoms with E-state index in [-0.39, 0.29) is 11.9 Å². The summed E-state index contributed by atoms with van der Waals surface area (Å²) in [5, 5.41) is 3.34. The van der Waals surface area contributed by atoms with Crippen LogP contribution in [-0.2, 0) is 0 Å². The number of halogens is 1. The van der Waals surface area contributed by atoms with Crippen molar-refractivity contribution < 1.29 is 4.39 Å². The lowest BCUT2D eigenvalue weighted by atomic mass is 10.1. The number of pyridine rings is 1. The summed E-state index contributed by atoms with van der Waals surface area (Å²) in [5.74, 6) is 0.219. The molecule has 0 unspecified atom stereocenters. The zero-order valence-electron chi connectivity index (χ0n) is 15.3. The molecule has 0 saturated carbocycles. The zero-order chi connectivity index (χ0) is 19.8. The maximum Gasteiger partial charge on any atom is 0.162 e. The van der Waals surface area contributed by atoms with Crippen molar-refractivity contribution in [2.24, 2.45) is 0 Å². The molecule has 142 valence electrons. The number of H-pyrrole nitrogens is 1. The number of hydrogen-bond acceptors (Lipinski definition) is 7. The highest BCUT2D eigenvalue weighted by Crippen LogP contribution is 2.29. The molecule has 0 spiro atoms. The summed E-state index contributed by atoms with van der Waals surface area (Å²) < 4.78 is 13.7. The molecule has 0 fully saturated rings. The molecule has 0 amide bonds. The topological polar surface area (TPSA) is 105 Å². The number of hydrogen-bond donors (Lipinski definition) is 2. The number of nitrogens with one attached hydrogen (secondary N) is 2. The predicted octanol–water partition coefficient (Wildman–Crippen LogP) is 3.67. The molecule has 4 heterocycles. The number of aromatic nitrogens is 7. The van der Waals surface area contributed by atoms with Crippen LogP contribution in [0.3, 0.4) is 0 Å². The van der Waals surface area contributed by atoms with Gasteiger partial charge in [0.25, 0.3) is 0 Å². The molecule has 0 aliphatic rings. The molecule has 0 aliphatic carbocycles. The lowest BCUT2D eigenvalue weighted by molar-refractivity contribution is 0.629. The summed E-state index contributed by atoms with van der Waals surface area (Å²) in [6.45, 7) is 1.95. The highest BCUT2D eigenvalue weighted by molar-refractivity contribution is 5.82. The standard InChI is InChI=1S/C20H15FN8/c1-11(27-20-18-19(24-9-23-18)25-10-26-20)16-17(14-4-2-3-7-22-14)29-15-8-12(21)5-6-13(15)28-16/h2-11H,1H3,(H2,23,24,25,26,27)/t11-/m0/s1. The van der Waals surface area contributed by atoms with Crippen molar-refractivity contribution in [3.05, 3.63) is 66.8 Å². The van der Waals surface area contributed by atoms with Crippen LogP contribution in [0.2, 0.25) is 0 Å². The number of fused-ring (bicyclic) bond motifs is 2. The van der Waals surface area contributed by atoms with Crippen LogP contribution in [0.25, 0.3) is 33.6 Å². The first-order valence-electron chi connectivity index (χ1n) is 8.98. The van der Waals surface area contributed by atoms with E-state index in [1.165, 1.54) is 18.5 Å². The molecular weight excluding hydrogens is 371 g/mol. The number of nitrogens with zero attached hydrogens (tertiary/aromatic N) is 6.